The standard InChI is InChI=1S/C21H25N3O2S/c1-13-10-11-15(12-14(13)2)22-18(25)16-8-6-7-9-17(16)23-20(27)24-19(26)21(3,4)5/h6-12H,1-5H3,(H,22,25)(H2,23,24,26,27). The average Bonchev–Trinajstić information content (AvgIpc) is 2.57. The molecule has 0 bridgehead atoms. The molecule has 0 fully saturated rings. The third-order valence-electron chi connectivity index (χ3n) is 4.09. The van der Waals surface area contributed by atoms with E-state index in [-0.39, 0.29) is 16.9 Å². The van der Waals surface area contributed by atoms with E-state index in [0.29, 0.717) is 11.3 Å². The Morgan fingerprint density at radius 1 is 0.926 bits per heavy atom. The molecular formula is C21H25N3O2S. The van der Waals surface area contributed by atoms with Crippen LogP contribution < -0.4 is 16.0 Å². The van der Waals surface area contributed by atoms with E-state index in [9.17, 15) is 9.59 Å². The lowest BCUT2D eigenvalue weighted by atomic mass is 9.96. The number of thiocarbonyl (C=S) groups is 1. The minimum Gasteiger partial charge on any atom is -0.332 e. The maximum Gasteiger partial charge on any atom is 0.257 e. The minimum atomic E-state index is -0.564. The molecule has 2 rings (SSSR count). The lowest BCUT2D eigenvalue weighted by Gasteiger charge is -2.19. The Hall–Kier alpha value is -2.73. The van der Waals surface area contributed by atoms with Crippen LogP contribution in [0, 0.1) is 19.3 Å². The van der Waals surface area contributed by atoms with Gasteiger partial charge in [0.1, 0.15) is 0 Å². The number of carbonyl (C=O) groups excluding carboxylic acids is 2. The summed E-state index contributed by atoms with van der Waals surface area (Å²) in [7, 11) is 0. The molecule has 0 radical (unpaired) electrons. The Morgan fingerprint density at radius 3 is 2.22 bits per heavy atom. The molecule has 0 spiro atoms. The molecule has 142 valence electrons. The number of rotatable bonds is 3. The molecule has 5 nitrogen and oxygen atoms in total. The van der Waals surface area contributed by atoms with Crippen LogP contribution in [0.15, 0.2) is 42.5 Å². The summed E-state index contributed by atoms with van der Waals surface area (Å²) in [4.78, 5) is 24.8. The Kier molecular flexibility index (Phi) is 6.33. The van der Waals surface area contributed by atoms with Gasteiger partial charge in [0, 0.05) is 11.1 Å². The number of carbonyl (C=O) groups is 2. The fourth-order valence-corrected chi connectivity index (χ4v) is 2.45. The average molecular weight is 384 g/mol. The van der Waals surface area contributed by atoms with Crippen molar-refractivity contribution in [2.75, 3.05) is 10.6 Å². The van der Waals surface area contributed by atoms with Gasteiger partial charge in [0.05, 0.1) is 11.3 Å². The molecule has 2 aromatic rings. The van der Waals surface area contributed by atoms with E-state index in [1.807, 2.05) is 32.0 Å². The number of hydrogen-bond donors (Lipinski definition) is 3. The van der Waals surface area contributed by atoms with Crippen molar-refractivity contribution >= 4 is 40.5 Å². The van der Waals surface area contributed by atoms with Crippen LogP contribution >= 0.6 is 12.2 Å². The van der Waals surface area contributed by atoms with E-state index < -0.39 is 5.41 Å². The molecule has 0 saturated heterocycles. The topological polar surface area (TPSA) is 70.2 Å². The van der Waals surface area contributed by atoms with Crippen molar-refractivity contribution < 1.29 is 9.59 Å². The molecule has 0 aliphatic heterocycles. The first-order valence-electron chi connectivity index (χ1n) is 8.68. The van der Waals surface area contributed by atoms with Gasteiger partial charge in [-0.15, -0.1) is 0 Å². The van der Waals surface area contributed by atoms with Crippen LogP contribution in [0.25, 0.3) is 0 Å². The van der Waals surface area contributed by atoms with Gasteiger partial charge in [-0.3, -0.25) is 9.59 Å². The monoisotopic (exact) mass is 383 g/mol. The first-order valence-corrected chi connectivity index (χ1v) is 9.09. The summed E-state index contributed by atoms with van der Waals surface area (Å²) in [5, 5.41) is 8.64. The number of anilines is 2. The third kappa shape index (κ3) is 5.62. The van der Waals surface area contributed by atoms with Crippen LogP contribution in [0.4, 0.5) is 11.4 Å². The van der Waals surface area contributed by atoms with Gasteiger partial charge in [-0.2, -0.15) is 0 Å². The van der Waals surface area contributed by atoms with Gasteiger partial charge >= 0.3 is 0 Å². The van der Waals surface area contributed by atoms with Crippen molar-refractivity contribution in [3.63, 3.8) is 0 Å². The van der Waals surface area contributed by atoms with Crippen molar-refractivity contribution in [1.29, 1.82) is 0 Å². The van der Waals surface area contributed by atoms with Crippen LogP contribution in [-0.2, 0) is 4.79 Å². The van der Waals surface area contributed by atoms with Gasteiger partial charge in [0.25, 0.3) is 5.91 Å². The lowest BCUT2D eigenvalue weighted by Crippen LogP contribution is -2.41. The summed E-state index contributed by atoms with van der Waals surface area (Å²) in [6.45, 7) is 9.42. The number of para-hydroxylation sites is 1. The second kappa shape index (κ2) is 8.31. The van der Waals surface area contributed by atoms with Gasteiger partial charge in [-0.05, 0) is 61.5 Å². The van der Waals surface area contributed by atoms with E-state index in [1.165, 1.54) is 0 Å². The van der Waals surface area contributed by atoms with E-state index in [0.717, 1.165) is 16.8 Å². The fourth-order valence-electron chi connectivity index (χ4n) is 2.25. The number of benzene rings is 2. The van der Waals surface area contributed by atoms with E-state index in [4.69, 9.17) is 12.2 Å². The quantitative estimate of drug-likeness (QED) is 0.687. The molecule has 2 aromatic carbocycles. The summed E-state index contributed by atoms with van der Waals surface area (Å²) in [5.41, 5.74) is 3.38. The van der Waals surface area contributed by atoms with Crippen LogP contribution in [-0.4, -0.2) is 16.9 Å². The predicted octanol–water partition coefficient (Wildman–Crippen LogP) is 4.41. The first kappa shape index (κ1) is 20.6. The molecule has 3 N–H and O–H groups in total. The molecule has 0 aliphatic carbocycles. The summed E-state index contributed by atoms with van der Waals surface area (Å²) in [6, 6.07) is 12.8. The first-order chi connectivity index (χ1) is 12.6. The maximum atomic E-state index is 12.7. The van der Waals surface area contributed by atoms with Crippen LogP contribution in [0.2, 0.25) is 0 Å². The van der Waals surface area contributed by atoms with Gasteiger partial charge in [-0.25, -0.2) is 0 Å². The zero-order chi connectivity index (χ0) is 20.2. The molecule has 0 aromatic heterocycles. The minimum absolute atomic E-state index is 0.154. The second-order valence-electron chi connectivity index (χ2n) is 7.46. The number of nitrogens with one attached hydrogen (secondary N) is 3. The molecule has 2 amide bonds. The summed E-state index contributed by atoms with van der Waals surface area (Å²) in [5.74, 6) is -0.455. The highest BCUT2D eigenvalue weighted by atomic mass is 32.1. The SMILES string of the molecule is Cc1ccc(NC(=O)c2ccccc2NC(=S)NC(=O)C(C)(C)C)cc1C. The van der Waals surface area contributed by atoms with Crippen LogP contribution in [0.5, 0.6) is 0 Å². The van der Waals surface area contributed by atoms with Crippen molar-refractivity contribution in [3.05, 3.63) is 59.2 Å². The largest absolute Gasteiger partial charge is 0.332 e. The Balaban J connectivity index is 2.14. The lowest BCUT2D eigenvalue weighted by molar-refractivity contribution is -0.126. The van der Waals surface area contributed by atoms with Crippen LogP contribution in [0.3, 0.4) is 0 Å². The van der Waals surface area contributed by atoms with Crippen LogP contribution in [0.1, 0.15) is 42.3 Å². The molecule has 0 aliphatic rings. The maximum absolute atomic E-state index is 12.7. The summed E-state index contributed by atoms with van der Waals surface area (Å²) in [6.07, 6.45) is 0. The third-order valence-corrected chi connectivity index (χ3v) is 4.30. The predicted molar refractivity (Wildman–Crippen MR) is 114 cm³/mol. The molecule has 0 unspecified atom stereocenters. The molecule has 27 heavy (non-hydrogen) atoms. The number of hydrogen-bond acceptors (Lipinski definition) is 3. The molecule has 6 heteroatoms. The normalized spacial score (nSPS) is 10.9. The van der Waals surface area contributed by atoms with Crippen molar-refractivity contribution in [1.82, 2.24) is 5.32 Å². The van der Waals surface area contributed by atoms with E-state index >= 15 is 0 Å². The summed E-state index contributed by atoms with van der Waals surface area (Å²) < 4.78 is 0. The smallest absolute Gasteiger partial charge is 0.257 e. The van der Waals surface area contributed by atoms with Crippen molar-refractivity contribution in [2.45, 2.75) is 34.6 Å². The molecule has 0 atom stereocenters. The highest BCUT2D eigenvalue weighted by Gasteiger charge is 2.22. The van der Waals surface area contributed by atoms with Gasteiger partial charge in [-0.1, -0.05) is 39.0 Å². The van der Waals surface area contributed by atoms with Gasteiger partial charge in [0.15, 0.2) is 5.11 Å². The molecule has 0 saturated carbocycles. The summed E-state index contributed by atoms with van der Waals surface area (Å²) >= 11 is 5.21. The molecule has 0 heterocycles. The number of aryl methyl sites for hydroxylation is 2. The number of amides is 2. The molecular weight excluding hydrogens is 358 g/mol. The van der Waals surface area contributed by atoms with Crippen molar-refractivity contribution in [3.8, 4) is 0 Å². The highest BCUT2D eigenvalue weighted by Crippen LogP contribution is 2.19. The second-order valence-corrected chi connectivity index (χ2v) is 7.87. The van der Waals surface area contributed by atoms with Gasteiger partial charge in [0.2, 0.25) is 5.91 Å². The van der Waals surface area contributed by atoms with E-state index in [1.54, 1.807) is 45.0 Å². The Morgan fingerprint density at radius 2 is 1.59 bits per heavy atom. The Labute approximate surface area is 165 Å². The zero-order valence-electron chi connectivity index (χ0n) is 16.3. The van der Waals surface area contributed by atoms with Crippen molar-refractivity contribution in [2.24, 2.45) is 5.41 Å². The van der Waals surface area contributed by atoms with E-state index in [2.05, 4.69) is 16.0 Å². The highest BCUT2D eigenvalue weighted by molar-refractivity contribution is 7.80. The Bertz CT molecular complexity index is 885. The fraction of sp³-hybridized carbons (Fsp3) is 0.286. The van der Waals surface area contributed by atoms with Gasteiger partial charge < -0.3 is 16.0 Å². The zero-order valence-corrected chi connectivity index (χ0v) is 17.1.